The number of hydrogen-bond acceptors (Lipinski definition) is 4. The van der Waals surface area contributed by atoms with E-state index < -0.39 is 5.82 Å². The van der Waals surface area contributed by atoms with Crippen LogP contribution in [0.15, 0.2) is 60.1 Å². The van der Waals surface area contributed by atoms with Crippen molar-refractivity contribution in [3.63, 3.8) is 0 Å². The lowest BCUT2D eigenvalue weighted by Gasteiger charge is -2.22. The summed E-state index contributed by atoms with van der Waals surface area (Å²) in [5, 5.41) is 2.06. The molecule has 5 nitrogen and oxygen atoms in total. The van der Waals surface area contributed by atoms with Crippen molar-refractivity contribution >= 4 is 22.2 Å². The van der Waals surface area contributed by atoms with Crippen molar-refractivity contribution in [1.29, 1.82) is 0 Å². The number of carbonyl (C=O) groups is 1. The quantitative estimate of drug-likeness (QED) is 0.396. The van der Waals surface area contributed by atoms with Gasteiger partial charge in [-0.15, -0.1) is 11.3 Å². The molecular formula is C24H24FN3O2S. The molecule has 2 heterocycles. The minimum absolute atomic E-state index is 0.0818. The van der Waals surface area contributed by atoms with Gasteiger partial charge >= 0.3 is 0 Å². The molecule has 0 unspecified atom stereocenters. The molecule has 0 bridgehead atoms. The lowest BCUT2D eigenvalue weighted by Crippen LogP contribution is -2.36. The van der Waals surface area contributed by atoms with Gasteiger partial charge in [0.1, 0.15) is 5.82 Å². The largest absolute Gasteiger partial charge is 0.383 e. The Morgan fingerprint density at radius 1 is 1.16 bits per heavy atom. The van der Waals surface area contributed by atoms with Crippen LogP contribution in [0.25, 0.3) is 16.2 Å². The Kier molecular flexibility index (Phi) is 6.44. The molecule has 0 N–H and O–H groups in total. The summed E-state index contributed by atoms with van der Waals surface area (Å²) in [4.78, 5) is 20.2. The van der Waals surface area contributed by atoms with Crippen LogP contribution in [0.3, 0.4) is 0 Å². The number of amides is 1. The van der Waals surface area contributed by atoms with E-state index in [1.807, 2.05) is 6.20 Å². The molecule has 0 saturated heterocycles. The molecule has 0 atom stereocenters. The number of imidazole rings is 1. The van der Waals surface area contributed by atoms with Gasteiger partial charge in [0.05, 0.1) is 17.9 Å². The van der Waals surface area contributed by atoms with E-state index >= 15 is 0 Å². The number of carbonyl (C=O) groups excluding carboxylic acids is 1. The number of fused-ring (bicyclic) bond motifs is 1. The second-order valence-corrected chi connectivity index (χ2v) is 8.22. The number of benzene rings is 2. The summed E-state index contributed by atoms with van der Waals surface area (Å²) in [6, 6.07) is 14.4. The predicted molar refractivity (Wildman–Crippen MR) is 121 cm³/mol. The Morgan fingerprint density at radius 3 is 2.68 bits per heavy atom. The second-order valence-electron chi connectivity index (χ2n) is 7.39. The molecule has 31 heavy (non-hydrogen) atoms. The lowest BCUT2D eigenvalue weighted by molar-refractivity contribution is 0.0692. The van der Waals surface area contributed by atoms with Crippen molar-refractivity contribution in [3.8, 4) is 11.3 Å². The fourth-order valence-corrected chi connectivity index (χ4v) is 4.35. The number of halogens is 1. The Hall–Kier alpha value is -3.03. The fourth-order valence-electron chi connectivity index (χ4n) is 3.44. The van der Waals surface area contributed by atoms with Crippen molar-refractivity contribution in [2.75, 3.05) is 26.8 Å². The number of rotatable bonds is 8. The molecule has 4 aromatic rings. The highest BCUT2D eigenvalue weighted by molar-refractivity contribution is 7.15. The van der Waals surface area contributed by atoms with Crippen molar-refractivity contribution < 1.29 is 13.9 Å². The number of nitrogens with zero attached hydrogens (tertiary/aromatic N) is 3. The SMILES string of the molecule is COCCN(CCc1csc2nc(-c3ccc(C)cc3)cn12)C(=O)c1ccccc1F. The first-order valence-corrected chi connectivity index (χ1v) is 11.0. The molecule has 0 aliphatic heterocycles. The topological polar surface area (TPSA) is 46.8 Å². The molecule has 1 amide bonds. The first kappa shape index (κ1) is 21.2. The van der Waals surface area contributed by atoms with Gasteiger partial charge in [0.2, 0.25) is 0 Å². The third-order valence-corrected chi connectivity index (χ3v) is 6.11. The summed E-state index contributed by atoms with van der Waals surface area (Å²) < 4.78 is 21.4. The summed E-state index contributed by atoms with van der Waals surface area (Å²) in [6.45, 7) is 3.31. The Labute approximate surface area is 184 Å². The monoisotopic (exact) mass is 437 g/mol. The minimum atomic E-state index is -0.509. The molecule has 0 fully saturated rings. The summed E-state index contributed by atoms with van der Waals surface area (Å²) in [7, 11) is 1.59. The van der Waals surface area contributed by atoms with Crippen LogP contribution in [-0.2, 0) is 11.2 Å². The Morgan fingerprint density at radius 2 is 1.94 bits per heavy atom. The number of aromatic nitrogens is 2. The van der Waals surface area contributed by atoms with Crippen LogP contribution < -0.4 is 0 Å². The van der Waals surface area contributed by atoms with Gasteiger partial charge in [0, 0.05) is 49.5 Å². The summed E-state index contributed by atoms with van der Waals surface area (Å²) >= 11 is 1.57. The highest BCUT2D eigenvalue weighted by atomic mass is 32.1. The standard InChI is InChI=1S/C24H24FN3O2S/c1-17-7-9-18(10-8-17)22-15-28-19(16-31-24(28)26-22)11-12-27(13-14-30-2)23(29)20-5-3-4-6-21(20)25/h3-10,15-16H,11-14H2,1-2H3. The maximum Gasteiger partial charge on any atom is 0.256 e. The van der Waals surface area contributed by atoms with Crippen molar-refractivity contribution in [2.45, 2.75) is 13.3 Å². The maximum absolute atomic E-state index is 14.1. The van der Waals surface area contributed by atoms with Crippen LogP contribution in [-0.4, -0.2) is 47.0 Å². The van der Waals surface area contributed by atoms with Gasteiger partial charge in [0.25, 0.3) is 5.91 Å². The molecule has 0 saturated carbocycles. The molecule has 0 aliphatic rings. The summed E-state index contributed by atoms with van der Waals surface area (Å²) in [5.74, 6) is -0.835. The van der Waals surface area contributed by atoms with Gasteiger partial charge in [-0.05, 0) is 19.1 Å². The van der Waals surface area contributed by atoms with Crippen molar-refractivity contribution in [3.05, 3.63) is 82.7 Å². The zero-order chi connectivity index (χ0) is 21.8. The van der Waals surface area contributed by atoms with E-state index in [1.165, 1.54) is 17.7 Å². The Bertz CT molecular complexity index is 1180. The number of ether oxygens (including phenoxy) is 1. The lowest BCUT2D eigenvalue weighted by atomic mass is 10.1. The van der Waals surface area contributed by atoms with Gasteiger partial charge < -0.3 is 9.64 Å². The van der Waals surface area contributed by atoms with E-state index in [-0.39, 0.29) is 11.5 Å². The normalized spacial score (nSPS) is 11.2. The molecule has 4 rings (SSSR count). The van der Waals surface area contributed by atoms with E-state index in [0.717, 1.165) is 21.9 Å². The average molecular weight is 438 g/mol. The van der Waals surface area contributed by atoms with Crippen LogP contribution >= 0.6 is 11.3 Å². The third kappa shape index (κ3) is 4.68. The van der Waals surface area contributed by atoms with Gasteiger partial charge in [0.15, 0.2) is 4.96 Å². The van der Waals surface area contributed by atoms with Crippen LogP contribution in [0.4, 0.5) is 4.39 Å². The van der Waals surface area contributed by atoms with E-state index in [2.05, 4.69) is 41.0 Å². The van der Waals surface area contributed by atoms with Gasteiger partial charge in [-0.1, -0.05) is 42.0 Å². The molecule has 0 radical (unpaired) electrons. The van der Waals surface area contributed by atoms with Crippen molar-refractivity contribution in [2.24, 2.45) is 0 Å². The van der Waals surface area contributed by atoms with E-state index in [9.17, 15) is 9.18 Å². The first-order chi connectivity index (χ1) is 15.1. The van der Waals surface area contributed by atoms with E-state index in [1.54, 1.807) is 35.5 Å². The number of hydrogen-bond donors (Lipinski definition) is 0. The highest BCUT2D eigenvalue weighted by Gasteiger charge is 2.19. The minimum Gasteiger partial charge on any atom is -0.383 e. The molecule has 0 aliphatic carbocycles. The maximum atomic E-state index is 14.1. The zero-order valence-electron chi connectivity index (χ0n) is 17.5. The summed E-state index contributed by atoms with van der Waals surface area (Å²) in [5.41, 5.74) is 4.35. The molecule has 0 spiro atoms. The molecule has 160 valence electrons. The second kappa shape index (κ2) is 9.41. The van der Waals surface area contributed by atoms with Gasteiger partial charge in [-0.3, -0.25) is 9.20 Å². The number of aryl methyl sites for hydroxylation is 1. The first-order valence-electron chi connectivity index (χ1n) is 10.1. The van der Waals surface area contributed by atoms with Crippen LogP contribution in [0.5, 0.6) is 0 Å². The molecular weight excluding hydrogens is 413 g/mol. The van der Waals surface area contributed by atoms with Crippen LogP contribution in [0.1, 0.15) is 21.6 Å². The van der Waals surface area contributed by atoms with E-state index in [4.69, 9.17) is 9.72 Å². The molecule has 2 aromatic carbocycles. The average Bonchev–Trinajstić information content (AvgIpc) is 3.36. The molecule has 2 aromatic heterocycles. The van der Waals surface area contributed by atoms with Crippen LogP contribution in [0, 0.1) is 12.7 Å². The van der Waals surface area contributed by atoms with Gasteiger partial charge in [-0.25, -0.2) is 9.37 Å². The van der Waals surface area contributed by atoms with Crippen molar-refractivity contribution in [1.82, 2.24) is 14.3 Å². The predicted octanol–water partition coefficient (Wildman–Crippen LogP) is 4.84. The van der Waals surface area contributed by atoms with E-state index in [0.29, 0.717) is 26.1 Å². The third-order valence-electron chi connectivity index (χ3n) is 5.23. The number of thiazole rings is 1. The van der Waals surface area contributed by atoms with Gasteiger partial charge in [-0.2, -0.15) is 0 Å². The summed E-state index contributed by atoms with van der Waals surface area (Å²) in [6.07, 6.45) is 2.66. The smallest absolute Gasteiger partial charge is 0.256 e. The zero-order valence-corrected chi connectivity index (χ0v) is 18.4. The Balaban J connectivity index is 1.53. The van der Waals surface area contributed by atoms with Crippen LogP contribution in [0.2, 0.25) is 0 Å². The number of methoxy groups -OCH3 is 1. The highest BCUT2D eigenvalue weighted by Crippen LogP contribution is 2.24. The fraction of sp³-hybridized carbons (Fsp3) is 0.250. The molecule has 7 heteroatoms.